The van der Waals surface area contributed by atoms with Gasteiger partial charge in [-0.2, -0.15) is 0 Å². The van der Waals surface area contributed by atoms with Gasteiger partial charge in [0.05, 0.1) is 17.6 Å². The van der Waals surface area contributed by atoms with E-state index in [1.165, 1.54) is 0 Å². The molecule has 1 heterocycles. The van der Waals surface area contributed by atoms with Gasteiger partial charge in [0.25, 0.3) is 0 Å². The molecule has 0 saturated carbocycles. The first-order valence-electron chi connectivity index (χ1n) is 4.02. The van der Waals surface area contributed by atoms with Crippen LogP contribution in [0.25, 0.3) is 5.57 Å². The van der Waals surface area contributed by atoms with E-state index in [0.717, 1.165) is 17.0 Å². The van der Waals surface area contributed by atoms with E-state index in [-0.39, 0.29) is 0 Å². The first-order valence-corrected chi connectivity index (χ1v) is 4.02. The SMILES string of the molecule is C=C/C=C(\C=C)c1cnc(C)cn1. The lowest BCUT2D eigenvalue weighted by molar-refractivity contribution is 1.10. The third-order valence-electron chi connectivity index (χ3n) is 1.59. The molecular weight excluding hydrogens is 160 g/mol. The van der Waals surface area contributed by atoms with E-state index in [1.807, 2.05) is 13.0 Å². The standard InChI is InChI=1S/C11H12N2/c1-4-6-10(5-2)11-8-12-9(3)7-13-11/h4-8H,1-2H2,3H3/b10-6+. The normalized spacial score (nSPS) is 11.0. The Hall–Kier alpha value is -1.70. The molecule has 2 nitrogen and oxygen atoms in total. The zero-order chi connectivity index (χ0) is 9.68. The van der Waals surface area contributed by atoms with E-state index < -0.39 is 0 Å². The van der Waals surface area contributed by atoms with Gasteiger partial charge in [-0.3, -0.25) is 9.97 Å². The van der Waals surface area contributed by atoms with Crippen LogP contribution in [-0.2, 0) is 0 Å². The van der Waals surface area contributed by atoms with Gasteiger partial charge in [0, 0.05) is 11.8 Å². The number of hydrogen-bond donors (Lipinski definition) is 0. The largest absolute Gasteiger partial charge is 0.258 e. The predicted molar refractivity (Wildman–Crippen MR) is 55.1 cm³/mol. The quantitative estimate of drug-likeness (QED) is 0.655. The van der Waals surface area contributed by atoms with Crippen molar-refractivity contribution in [2.75, 3.05) is 0 Å². The van der Waals surface area contributed by atoms with Gasteiger partial charge in [-0.05, 0) is 6.92 Å². The van der Waals surface area contributed by atoms with Gasteiger partial charge in [-0.25, -0.2) is 0 Å². The van der Waals surface area contributed by atoms with E-state index >= 15 is 0 Å². The lowest BCUT2D eigenvalue weighted by Crippen LogP contribution is -1.90. The molecule has 0 amide bonds. The third kappa shape index (κ3) is 2.37. The molecule has 13 heavy (non-hydrogen) atoms. The molecule has 0 atom stereocenters. The molecule has 0 unspecified atom stereocenters. The summed E-state index contributed by atoms with van der Waals surface area (Å²) >= 11 is 0. The maximum absolute atomic E-state index is 4.22. The van der Waals surface area contributed by atoms with Crippen LogP contribution in [0.2, 0.25) is 0 Å². The summed E-state index contributed by atoms with van der Waals surface area (Å²) < 4.78 is 0. The van der Waals surface area contributed by atoms with Crippen LogP contribution >= 0.6 is 0 Å². The van der Waals surface area contributed by atoms with Crippen molar-refractivity contribution in [2.45, 2.75) is 6.92 Å². The summed E-state index contributed by atoms with van der Waals surface area (Å²) in [7, 11) is 0. The molecule has 0 aliphatic heterocycles. The highest BCUT2D eigenvalue weighted by Gasteiger charge is 1.97. The van der Waals surface area contributed by atoms with Crippen LogP contribution in [0.4, 0.5) is 0 Å². The Bertz CT molecular complexity index is 334. The number of aryl methyl sites for hydroxylation is 1. The van der Waals surface area contributed by atoms with Crippen LogP contribution in [0.15, 0.2) is 43.8 Å². The molecule has 0 spiro atoms. The van der Waals surface area contributed by atoms with Crippen LogP contribution in [0.3, 0.4) is 0 Å². The van der Waals surface area contributed by atoms with Gasteiger partial charge >= 0.3 is 0 Å². The van der Waals surface area contributed by atoms with Gasteiger partial charge in [0.15, 0.2) is 0 Å². The average molecular weight is 172 g/mol. The van der Waals surface area contributed by atoms with E-state index in [0.29, 0.717) is 0 Å². The van der Waals surface area contributed by atoms with Gasteiger partial charge in [-0.15, -0.1) is 0 Å². The molecule has 0 fully saturated rings. The van der Waals surface area contributed by atoms with Crippen molar-refractivity contribution in [1.29, 1.82) is 0 Å². The van der Waals surface area contributed by atoms with Crippen LogP contribution in [0.1, 0.15) is 11.4 Å². The Labute approximate surface area is 78.4 Å². The Morgan fingerprint density at radius 1 is 1.31 bits per heavy atom. The van der Waals surface area contributed by atoms with E-state index in [4.69, 9.17) is 0 Å². The smallest absolute Gasteiger partial charge is 0.0885 e. The summed E-state index contributed by atoms with van der Waals surface area (Å²) in [6.45, 7) is 9.22. The summed E-state index contributed by atoms with van der Waals surface area (Å²) in [4.78, 5) is 8.36. The summed E-state index contributed by atoms with van der Waals surface area (Å²) in [5.41, 5.74) is 2.66. The first kappa shape index (κ1) is 9.39. The molecule has 0 aliphatic rings. The lowest BCUT2D eigenvalue weighted by atomic mass is 10.2. The zero-order valence-electron chi connectivity index (χ0n) is 7.70. The van der Waals surface area contributed by atoms with Crippen molar-refractivity contribution < 1.29 is 0 Å². The lowest BCUT2D eigenvalue weighted by Gasteiger charge is -1.99. The Balaban J connectivity index is 3.06. The second-order valence-corrected chi connectivity index (χ2v) is 2.60. The number of aromatic nitrogens is 2. The minimum Gasteiger partial charge on any atom is -0.258 e. The number of hydrogen-bond acceptors (Lipinski definition) is 2. The van der Waals surface area contributed by atoms with E-state index in [9.17, 15) is 0 Å². The molecule has 0 aromatic carbocycles. The Morgan fingerprint density at radius 3 is 2.54 bits per heavy atom. The second kappa shape index (κ2) is 4.36. The van der Waals surface area contributed by atoms with Crippen LogP contribution in [-0.4, -0.2) is 9.97 Å². The molecular formula is C11H12N2. The highest BCUT2D eigenvalue weighted by molar-refractivity contribution is 5.71. The topological polar surface area (TPSA) is 25.8 Å². The molecule has 1 aromatic heterocycles. The van der Waals surface area contributed by atoms with E-state index in [1.54, 1.807) is 24.5 Å². The van der Waals surface area contributed by atoms with Gasteiger partial charge < -0.3 is 0 Å². The number of nitrogens with zero attached hydrogens (tertiary/aromatic N) is 2. The first-order chi connectivity index (χ1) is 6.27. The summed E-state index contributed by atoms with van der Waals surface area (Å²) in [5, 5.41) is 0. The molecule has 66 valence electrons. The average Bonchev–Trinajstić information content (AvgIpc) is 2.16. The maximum Gasteiger partial charge on any atom is 0.0885 e. The molecule has 0 saturated heterocycles. The molecule has 2 heteroatoms. The number of allylic oxidation sites excluding steroid dienone is 4. The molecule has 1 aromatic rings. The summed E-state index contributed by atoms with van der Waals surface area (Å²) in [6.07, 6.45) is 8.76. The molecule has 0 aliphatic carbocycles. The van der Waals surface area contributed by atoms with Crippen LogP contribution in [0.5, 0.6) is 0 Å². The monoisotopic (exact) mass is 172 g/mol. The fourth-order valence-corrected chi connectivity index (χ4v) is 0.927. The van der Waals surface area contributed by atoms with E-state index in [2.05, 4.69) is 23.1 Å². The molecule has 0 radical (unpaired) electrons. The van der Waals surface area contributed by atoms with Crippen LogP contribution < -0.4 is 0 Å². The third-order valence-corrected chi connectivity index (χ3v) is 1.59. The Morgan fingerprint density at radius 2 is 2.08 bits per heavy atom. The van der Waals surface area contributed by atoms with Gasteiger partial charge in [0.1, 0.15) is 0 Å². The summed E-state index contributed by atoms with van der Waals surface area (Å²) in [5.74, 6) is 0. The van der Waals surface area contributed by atoms with Crippen molar-refractivity contribution in [1.82, 2.24) is 9.97 Å². The van der Waals surface area contributed by atoms with Crippen molar-refractivity contribution in [2.24, 2.45) is 0 Å². The predicted octanol–water partition coefficient (Wildman–Crippen LogP) is 2.54. The molecule has 0 bridgehead atoms. The number of rotatable bonds is 3. The fraction of sp³-hybridized carbons (Fsp3) is 0.0909. The maximum atomic E-state index is 4.22. The van der Waals surface area contributed by atoms with Crippen molar-refractivity contribution in [3.8, 4) is 0 Å². The Kier molecular flexibility index (Phi) is 3.15. The second-order valence-electron chi connectivity index (χ2n) is 2.60. The highest BCUT2D eigenvalue weighted by Crippen LogP contribution is 2.11. The minimum absolute atomic E-state index is 0.820. The highest BCUT2D eigenvalue weighted by atomic mass is 14.8. The fourth-order valence-electron chi connectivity index (χ4n) is 0.927. The van der Waals surface area contributed by atoms with Crippen molar-refractivity contribution in [3.05, 3.63) is 55.2 Å². The summed E-state index contributed by atoms with van der Waals surface area (Å²) in [6, 6.07) is 0. The molecule has 1 rings (SSSR count). The van der Waals surface area contributed by atoms with Gasteiger partial charge in [-0.1, -0.05) is 31.4 Å². The molecule has 0 N–H and O–H groups in total. The van der Waals surface area contributed by atoms with Gasteiger partial charge in [0.2, 0.25) is 0 Å². The van der Waals surface area contributed by atoms with Crippen LogP contribution in [0, 0.1) is 6.92 Å². The van der Waals surface area contributed by atoms with Crippen molar-refractivity contribution in [3.63, 3.8) is 0 Å². The minimum atomic E-state index is 0.820. The zero-order valence-corrected chi connectivity index (χ0v) is 7.70. The van der Waals surface area contributed by atoms with Crippen molar-refractivity contribution >= 4 is 5.57 Å².